The summed E-state index contributed by atoms with van der Waals surface area (Å²) < 4.78 is 2.38. The average Bonchev–Trinajstić information content (AvgIpc) is 3.13. The van der Waals surface area contributed by atoms with Crippen LogP contribution in [-0.4, -0.2) is 35.1 Å². The van der Waals surface area contributed by atoms with Crippen LogP contribution in [0.25, 0.3) is 11.0 Å². The molecular formula is C15H20ClN3. The fourth-order valence-electron chi connectivity index (χ4n) is 2.55. The molecule has 1 aliphatic carbocycles. The Morgan fingerprint density at radius 2 is 2.16 bits per heavy atom. The number of halogens is 1. The van der Waals surface area contributed by atoms with E-state index in [9.17, 15) is 0 Å². The van der Waals surface area contributed by atoms with E-state index in [0.29, 0.717) is 5.92 Å². The Balaban J connectivity index is 1.93. The molecule has 2 aromatic rings. The SMILES string of the molecule is CN(C)CCCn1c(C2CC2)nc2ccc(Cl)cc21. The maximum atomic E-state index is 6.13. The number of rotatable bonds is 5. The van der Waals surface area contributed by atoms with E-state index in [0.717, 1.165) is 30.0 Å². The summed E-state index contributed by atoms with van der Waals surface area (Å²) in [6.07, 6.45) is 3.71. The van der Waals surface area contributed by atoms with Crippen LogP contribution in [0.1, 0.15) is 31.0 Å². The van der Waals surface area contributed by atoms with E-state index in [2.05, 4.69) is 23.6 Å². The van der Waals surface area contributed by atoms with Crippen molar-refractivity contribution in [3.63, 3.8) is 0 Å². The third kappa shape index (κ3) is 2.77. The lowest BCUT2D eigenvalue weighted by Crippen LogP contribution is -2.15. The number of nitrogens with zero attached hydrogens (tertiary/aromatic N) is 3. The summed E-state index contributed by atoms with van der Waals surface area (Å²) in [5.74, 6) is 1.93. The molecule has 0 spiro atoms. The highest BCUT2D eigenvalue weighted by atomic mass is 35.5. The zero-order chi connectivity index (χ0) is 13.4. The molecule has 0 saturated heterocycles. The second-order valence-corrected chi connectivity index (χ2v) is 6.12. The predicted molar refractivity (Wildman–Crippen MR) is 79.9 cm³/mol. The first kappa shape index (κ1) is 12.9. The van der Waals surface area contributed by atoms with Gasteiger partial charge in [-0.3, -0.25) is 0 Å². The van der Waals surface area contributed by atoms with Crippen LogP contribution < -0.4 is 0 Å². The molecule has 102 valence electrons. The van der Waals surface area contributed by atoms with Crippen molar-refractivity contribution < 1.29 is 0 Å². The lowest BCUT2D eigenvalue weighted by Gasteiger charge is -2.12. The standard InChI is InChI=1S/C15H20ClN3/c1-18(2)8-3-9-19-14-10-12(16)6-7-13(14)17-15(19)11-4-5-11/h6-7,10-11H,3-5,8-9H2,1-2H3. The number of fused-ring (bicyclic) bond motifs is 1. The van der Waals surface area contributed by atoms with E-state index >= 15 is 0 Å². The van der Waals surface area contributed by atoms with Gasteiger partial charge in [-0.2, -0.15) is 0 Å². The van der Waals surface area contributed by atoms with Gasteiger partial charge in [0.1, 0.15) is 5.82 Å². The number of hydrogen-bond acceptors (Lipinski definition) is 2. The Bertz CT molecular complexity index is 584. The summed E-state index contributed by atoms with van der Waals surface area (Å²) in [6.45, 7) is 2.13. The molecule has 3 nitrogen and oxygen atoms in total. The summed E-state index contributed by atoms with van der Waals surface area (Å²) in [5, 5.41) is 0.795. The molecule has 0 atom stereocenters. The number of hydrogen-bond donors (Lipinski definition) is 0. The third-order valence-electron chi connectivity index (χ3n) is 3.67. The smallest absolute Gasteiger partial charge is 0.112 e. The molecule has 0 aliphatic heterocycles. The fraction of sp³-hybridized carbons (Fsp3) is 0.533. The van der Waals surface area contributed by atoms with Gasteiger partial charge in [0.15, 0.2) is 0 Å². The Hall–Kier alpha value is -1.06. The molecule has 0 bridgehead atoms. The van der Waals surface area contributed by atoms with E-state index in [4.69, 9.17) is 16.6 Å². The van der Waals surface area contributed by atoms with E-state index in [1.807, 2.05) is 18.2 Å². The van der Waals surface area contributed by atoms with Crippen LogP contribution in [0, 0.1) is 0 Å². The number of aromatic nitrogens is 2. The molecule has 4 heteroatoms. The van der Waals surface area contributed by atoms with Gasteiger partial charge in [0.2, 0.25) is 0 Å². The minimum Gasteiger partial charge on any atom is -0.328 e. The molecule has 1 fully saturated rings. The highest BCUT2D eigenvalue weighted by Crippen LogP contribution is 2.41. The number of aryl methyl sites for hydroxylation is 1. The first-order valence-corrected chi connectivity index (χ1v) is 7.33. The molecular weight excluding hydrogens is 258 g/mol. The topological polar surface area (TPSA) is 21.1 Å². The van der Waals surface area contributed by atoms with Gasteiger partial charge in [0.05, 0.1) is 11.0 Å². The van der Waals surface area contributed by atoms with Crippen LogP contribution in [0.5, 0.6) is 0 Å². The van der Waals surface area contributed by atoms with Crippen molar-refractivity contribution in [3.8, 4) is 0 Å². The van der Waals surface area contributed by atoms with Gasteiger partial charge < -0.3 is 9.47 Å². The fourth-order valence-corrected chi connectivity index (χ4v) is 2.71. The first-order valence-electron chi connectivity index (χ1n) is 6.95. The van der Waals surface area contributed by atoms with Crippen molar-refractivity contribution in [1.29, 1.82) is 0 Å². The molecule has 0 unspecified atom stereocenters. The lowest BCUT2D eigenvalue weighted by atomic mass is 10.3. The van der Waals surface area contributed by atoms with E-state index in [1.54, 1.807) is 0 Å². The van der Waals surface area contributed by atoms with Gasteiger partial charge in [0.25, 0.3) is 0 Å². The van der Waals surface area contributed by atoms with Crippen molar-refractivity contribution in [2.45, 2.75) is 31.7 Å². The Morgan fingerprint density at radius 1 is 1.37 bits per heavy atom. The number of imidazole rings is 1. The van der Waals surface area contributed by atoms with Crippen LogP contribution in [-0.2, 0) is 6.54 Å². The lowest BCUT2D eigenvalue weighted by molar-refractivity contribution is 0.386. The van der Waals surface area contributed by atoms with E-state index in [-0.39, 0.29) is 0 Å². The summed E-state index contributed by atoms with van der Waals surface area (Å²) in [5.41, 5.74) is 2.27. The Kier molecular flexibility index (Phi) is 3.50. The largest absolute Gasteiger partial charge is 0.328 e. The molecule has 1 aromatic heterocycles. The predicted octanol–water partition coefficient (Wildman–Crippen LogP) is 3.52. The normalized spacial score (nSPS) is 15.6. The highest BCUT2D eigenvalue weighted by molar-refractivity contribution is 6.31. The molecule has 0 radical (unpaired) electrons. The van der Waals surface area contributed by atoms with E-state index in [1.165, 1.54) is 24.2 Å². The summed E-state index contributed by atoms with van der Waals surface area (Å²) in [6, 6.07) is 6.01. The summed E-state index contributed by atoms with van der Waals surface area (Å²) in [7, 11) is 4.23. The van der Waals surface area contributed by atoms with Crippen molar-refractivity contribution >= 4 is 22.6 Å². The second-order valence-electron chi connectivity index (χ2n) is 5.69. The van der Waals surface area contributed by atoms with Crippen LogP contribution in [0.2, 0.25) is 5.02 Å². The van der Waals surface area contributed by atoms with Crippen molar-refractivity contribution in [3.05, 3.63) is 29.0 Å². The summed E-state index contributed by atoms with van der Waals surface area (Å²) in [4.78, 5) is 7.03. The quantitative estimate of drug-likeness (QED) is 0.834. The maximum Gasteiger partial charge on any atom is 0.112 e. The van der Waals surface area contributed by atoms with Gasteiger partial charge >= 0.3 is 0 Å². The average molecular weight is 278 g/mol. The zero-order valence-electron chi connectivity index (χ0n) is 11.6. The molecule has 0 N–H and O–H groups in total. The molecule has 3 rings (SSSR count). The summed E-state index contributed by atoms with van der Waals surface area (Å²) >= 11 is 6.13. The van der Waals surface area contributed by atoms with E-state index < -0.39 is 0 Å². The van der Waals surface area contributed by atoms with Gasteiger partial charge in [-0.25, -0.2) is 4.98 Å². The molecule has 1 saturated carbocycles. The monoisotopic (exact) mass is 277 g/mol. The van der Waals surface area contributed by atoms with Crippen molar-refractivity contribution in [1.82, 2.24) is 14.5 Å². The molecule has 1 aliphatic rings. The van der Waals surface area contributed by atoms with Crippen LogP contribution in [0.15, 0.2) is 18.2 Å². The van der Waals surface area contributed by atoms with Gasteiger partial charge in [-0.1, -0.05) is 11.6 Å². The minimum atomic E-state index is 0.672. The van der Waals surface area contributed by atoms with Crippen LogP contribution in [0.3, 0.4) is 0 Å². The van der Waals surface area contributed by atoms with Crippen LogP contribution >= 0.6 is 11.6 Å². The van der Waals surface area contributed by atoms with Gasteiger partial charge in [-0.15, -0.1) is 0 Å². The third-order valence-corrected chi connectivity index (χ3v) is 3.90. The van der Waals surface area contributed by atoms with Crippen LogP contribution in [0.4, 0.5) is 0 Å². The second kappa shape index (κ2) is 5.14. The van der Waals surface area contributed by atoms with Gasteiger partial charge in [0, 0.05) is 17.5 Å². The zero-order valence-corrected chi connectivity index (χ0v) is 12.3. The molecule has 19 heavy (non-hydrogen) atoms. The van der Waals surface area contributed by atoms with Gasteiger partial charge in [-0.05, 0) is 58.1 Å². The van der Waals surface area contributed by atoms with Crippen molar-refractivity contribution in [2.24, 2.45) is 0 Å². The highest BCUT2D eigenvalue weighted by Gasteiger charge is 2.29. The Labute approximate surface area is 119 Å². The van der Waals surface area contributed by atoms with Crippen molar-refractivity contribution in [2.75, 3.05) is 20.6 Å². The molecule has 1 heterocycles. The molecule has 1 aromatic carbocycles. The number of benzene rings is 1. The minimum absolute atomic E-state index is 0.672. The molecule has 0 amide bonds. The Morgan fingerprint density at radius 3 is 2.84 bits per heavy atom. The maximum absolute atomic E-state index is 6.13. The first-order chi connectivity index (χ1) is 9.15.